The summed E-state index contributed by atoms with van der Waals surface area (Å²) in [7, 11) is 0. The molecular formula is C18H21N7O. The third-order valence-electron chi connectivity index (χ3n) is 4.23. The number of hydrogen-bond acceptors (Lipinski definition) is 7. The van der Waals surface area contributed by atoms with E-state index in [0.29, 0.717) is 37.8 Å². The number of amides is 1. The van der Waals surface area contributed by atoms with Crippen molar-refractivity contribution in [3.63, 3.8) is 0 Å². The molecule has 1 saturated heterocycles. The van der Waals surface area contributed by atoms with Crippen molar-refractivity contribution >= 4 is 23.5 Å². The van der Waals surface area contributed by atoms with Crippen molar-refractivity contribution in [1.29, 1.82) is 0 Å². The van der Waals surface area contributed by atoms with E-state index in [1.54, 1.807) is 19.2 Å². The molecule has 0 aromatic carbocycles. The SMILES string of the molecule is CC(=O)N1CCN(c2nc(N)nc(C)c2C#Cc2ccc(N)nc2)CC1. The average molecular weight is 351 g/mol. The molecule has 4 N–H and O–H groups in total. The number of hydrogen-bond donors (Lipinski definition) is 2. The van der Waals surface area contributed by atoms with Crippen LogP contribution < -0.4 is 16.4 Å². The molecule has 0 bridgehead atoms. The number of carbonyl (C=O) groups is 1. The van der Waals surface area contributed by atoms with Crippen LogP contribution in [0.15, 0.2) is 18.3 Å². The van der Waals surface area contributed by atoms with E-state index in [1.807, 2.05) is 17.9 Å². The topological polar surface area (TPSA) is 114 Å². The lowest BCUT2D eigenvalue weighted by atomic mass is 10.1. The minimum atomic E-state index is 0.0823. The fourth-order valence-corrected chi connectivity index (χ4v) is 2.80. The van der Waals surface area contributed by atoms with Crippen molar-refractivity contribution in [2.45, 2.75) is 13.8 Å². The lowest BCUT2D eigenvalue weighted by Crippen LogP contribution is -2.48. The third-order valence-corrected chi connectivity index (χ3v) is 4.23. The predicted molar refractivity (Wildman–Crippen MR) is 100 cm³/mol. The van der Waals surface area contributed by atoms with Crippen molar-refractivity contribution < 1.29 is 4.79 Å². The van der Waals surface area contributed by atoms with E-state index in [1.165, 1.54) is 0 Å². The van der Waals surface area contributed by atoms with E-state index in [9.17, 15) is 4.79 Å². The zero-order chi connectivity index (χ0) is 18.7. The molecule has 134 valence electrons. The predicted octanol–water partition coefficient (Wildman–Crippen LogP) is 0.413. The van der Waals surface area contributed by atoms with Crippen molar-refractivity contribution in [1.82, 2.24) is 19.9 Å². The van der Waals surface area contributed by atoms with Gasteiger partial charge in [-0.3, -0.25) is 4.79 Å². The van der Waals surface area contributed by atoms with Gasteiger partial charge in [-0.1, -0.05) is 11.8 Å². The summed E-state index contributed by atoms with van der Waals surface area (Å²) in [5, 5.41) is 0. The van der Waals surface area contributed by atoms with Gasteiger partial charge in [-0.25, -0.2) is 9.97 Å². The van der Waals surface area contributed by atoms with Crippen LogP contribution in [-0.2, 0) is 4.79 Å². The Kier molecular flexibility index (Phi) is 4.89. The number of pyridine rings is 1. The van der Waals surface area contributed by atoms with Crippen molar-refractivity contribution in [3.05, 3.63) is 35.2 Å². The smallest absolute Gasteiger partial charge is 0.222 e. The Morgan fingerprint density at radius 3 is 2.46 bits per heavy atom. The minimum absolute atomic E-state index is 0.0823. The molecule has 0 aliphatic carbocycles. The molecule has 0 radical (unpaired) electrons. The molecular weight excluding hydrogens is 330 g/mol. The van der Waals surface area contributed by atoms with Crippen LogP contribution in [0.5, 0.6) is 0 Å². The minimum Gasteiger partial charge on any atom is -0.384 e. The van der Waals surface area contributed by atoms with Crippen LogP contribution in [0.1, 0.15) is 23.7 Å². The van der Waals surface area contributed by atoms with Gasteiger partial charge < -0.3 is 21.3 Å². The monoisotopic (exact) mass is 351 g/mol. The van der Waals surface area contributed by atoms with Gasteiger partial charge in [0.05, 0.1) is 11.3 Å². The average Bonchev–Trinajstić information content (AvgIpc) is 2.62. The van der Waals surface area contributed by atoms with Gasteiger partial charge in [0.2, 0.25) is 11.9 Å². The van der Waals surface area contributed by atoms with Gasteiger partial charge in [-0.05, 0) is 19.1 Å². The first-order valence-corrected chi connectivity index (χ1v) is 8.32. The van der Waals surface area contributed by atoms with E-state index in [-0.39, 0.29) is 11.9 Å². The summed E-state index contributed by atoms with van der Waals surface area (Å²) in [6, 6.07) is 3.52. The van der Waals surface area contributed by atoms with Gasteiger partial charge in [0.25, 0.3) is 0 Å². The summed E-state index contributed by atoms with van der Waals surface area (Å²) in [4.78, 5) is 28.1. The van der Waals surface area contributed by atoms with Gasteiger partial charge in [0, 0.05) is 44.9 Å². The Morgan fingerprint density at radius 2 is 1.85 bits per heavy atom. The second kappa shape index (κ2) is 7.27. The Hall–Kier alpha value is -3.34. The standard InChI is InChI=1S/C18H21N7O/c1-12-15(5-3-14-4-6-16(19)21-11-14)17(23-18(20)22-12)25-9-7-24(8-10-25)13(2)26/h4,6,11H,7-10H2,1-2H3,(H2,19,21)(H2,20,22,23). The fourth-order valence-electron chi connectivity index (χ4n) is 2.80. The molecule has 1 aliphatic rings. The Balaban J connectivity index is 1.91. The second-order valence-electron chi connectivity index (χ2n) is 6.08. The van der Waals surface area contributed by atoms with Crippen LogP contribution in [0.25, 0.3) is 0 Å². The Bertz CT molecular complexity index is 875. The number of anilines is 3. The highest BCUT2D eigenvalue weighted by Gasteiger charge is 2.22. The Morgan fingerprint density at radius 1 is 1.12 bits per heavy atom. The zero-order valence-electron chi connectivity index (χ0n) is 14.9. The number of nitrogens with zero attached hydrogens (tertiary/aromatic N) is 5. The molecule has 1 amide bonds. The number of piperazine rings is 1. The number of rotatable bonds is 1. The highest BCUT2D eigenvalue weighted by Crippen LogP contribution is 2.22. The van der Waals surface area contributed by atoms with Crippen LogP contribution in [0.2, 0.25) is 0 Å². The maximum absolute atomic E-state index is 11.5. The molecule has 0 unspecified atom stereocenters. The Labute approximate surface area is 152 Å². The molecule has 8 heteroatoms. The summed E-state index contributed by atoms with van der Waals surface area (Å²) in [5.41, 5.74) is 13.7. The van der Waals surface area contributed by atoms with Gasteiger partial charge in [0.1, 0.15) is 11.6 Å². The van der Waals surface area contributed by atoms with E-state index >= 15 is 0 Å². The van der Waals surface area contributed by atoms with Gasteiger partial charge >= 0.3 is 0 Å². The van der Waals surface area contributed by atoms with E-state index in [4.69, 9.17) is 11.5 Å². The number of aromatic nitrogens is 3. The van der Waals surface area contributed by atoms with Crippen molar-refractivity contribution in [3.8, 4) is 11.8 Å². The first kappa shape index (κ1) is 17.5. The van der Waals surface area contributed by atoms with Gasteiger partial charge in [-0.2, -0.15) is 4.98 Å². The summed E-state index contributed by atoms with van der Waals surface area (Å²) in [5.74, 6) is 7.67. The molecule has 26 heavy (non-hydrogen) atoms. The van der Waals surface area contributed by atoms with Crippen LogP contribution >= 0.6 is 0 Å². The zero-order valence-corrected chi connectivity index (χ0v) is 14.9. The highest BCUT2D eigenvalue weighted by atomic mass is 16.2. The number of nitrogen functional groups attached to an aromatic ring is 2. The number of carbonyl (C=O) groups excluding carboxylic acids is 1. The first-order chi connectivity index (χ1) is 12.4. The summed E-state index contributed by atoms with van der Waals surface area (Å²) in [6.45, 7) is 6.08. The molecule has 1 aliphatic heterocycles. The van der Waals surface area contributed by atoms with E-state index in [0.717, 1.165) is 16.8 Å². The van der Waals surface area contributed by atoms with Crippen LogP contribution in [0, 0.1) is 18.8 Å². The summed E-state index contributed by atoms with van der Waals surface area (Å²) in [6.07, 6.45) is 1.63. The summed E-state index contributed by atoms with van der Waals surface area (Å²) >= 11 is 0. The molecule has 3 heterocycles. The molecule has 3 rings (SSSR count). The largest absolute Gasteiger partial charge is 0.384 e. The van der Waals surface area contributed by atoms with Crippen molar-refractivity contribution in [2.24, 2.45) is 0 Å². The molecule has 1 fully saturated rings. The maximum atomic E-state index is 11.5. The second-order valence-corrected chi connectivity index (χ2v) is 6.08. The molecule has 0 saturated carbocycles. The third kappa shape index (κ3) is 3.83. The van der Waals surface area contributed by atoms with Crippen LogP contribution in [-0.4, -0.2) is 51.9 Å². The maximum Gasteiger partial charge on any atom is 0.222 e. The molecule has 2 aromatic heterocycles. The van der Waals surface area contributed by atoms with Crippen LogP contribution in [0.4, 0.5) is 17.6 Å². The number of aryl methyl sites for hydroxylation is 1. The normalized spacial score (nSPS) is 13.9. The fraction of sp³-hybridized carbons (Fsp3) is 0.333. The van der Waals surface area contributed by atoms with E-state index < -0.39 is 0 Å². The van der Waals surface area contributed by atoms with Crippen molar-refractivity contribution in [2.75, 3.05) is 42.5 Å². The van der Waals surface area contributed by atoms with Gasteiger partial charge in [0.15, 0.2) is 0 Å². The van der Waals surface area contributed by atoms with Crippen LogP contribution in [0.3, 0.4) is 0 Å². The number of nitrogens with two attached hydrogens (primary N) is 2. The summed E-state index contributed by atoms with van der Waals surface area (Å²) < 4.78 is 0. The molecule has 8 nitrogen and oxygen atoms in total. The highest BCUT2D eigenvalue weighted by molar-refractivity contribution is 5.73. The molecule has 0 spiro atoms. The molecule has 2 aromatic rings. The first-order valence-electron chi connectivity index (χ1n) is 8.32. The van der Waals surface area contributed by atoms with Gasteiger partial charge in [-0.15, -0.1) is 0 Å². The molecule has 0 atom stereocenters. The lowest BCUT2D eigenvalue weighted by molar-refractivity contribution is -0.129. The lowest BCUT2D eigenvalue weighted by Gasteiger charge is -2.35. The van der Waals surface area contributed by atoms with E-state index in [2.05, 4.69) is 31.7 Å². The quantitative estimate of drug-likeness (QED) is 0.715.